The van der Waals surface area contributed by atoms with Crippen molar-refractivity contribution in [3.05, 3.63) is 41.2 Å². The van der Waals surface area contributed by atoms with E-state index in [0.717, 1.165) is 23.6 Å². The summed E-state index contributed by atoms with van der Waals surface area (Å²) in [7, 11) is 0. The molecule has 0 bridgehead atoms. The van der Waals surface area contributed by atoms with E-state index in [0.29, 0.717) is 12.1 Å². The van der Waals surface area contributed by atoms with Gasteiger partial charge in [-0.05, 0) is 11.6 Å². The highest BCUT2D eigenvalue weighted by atomic mass is 19.1. The Balaban J connectivity index is 2.64. The second-order valence-corrected chi connectivity index (χ2v) is 4.01. The number of benzene rings is 1. The van der Waals surface area contributed by atoms with Crippen molar-refractivity contribution in [2.75, 3.05) is 0 Å². The number of halogens is 1. The molecular formula is C13H17FN4. The summed E-state index contributed by atoms with van der Waals surface area (Å²) in [6, 6.07) is 4.89. The van der Waals surface area contributed by atoms with E-state index in [-0.39, 0.29) is 12.4 Å². The van der Waals surface area contributed by atoms with Gasteiger partial charge in [0, 0.05) is 19.4 Å². The molecule has 2 N–H and O–H groups in total. The average Bonchev–Trinajstić information content (AvgIpc) is 2.81. The lowest BCUT2D eigenvalue weighted by atomic mass is 10.1. The molecule has 2 rings (SSSR count). The Morgan fingerprint density at radius 3 is 2.67 bits per heavy atom. The van der Waals surface area contributed by atoms with Gasteiger partial charge in [-0.25, -0.2) is 14.1 Å². The fourth-order valence-electron chi connectivity index (χ4n) is 1.91. The summed E-state index contributed by atoms with van der Waals surface area (Å²) in [5, 5.41) is 4.35. The fraction of sp³-hybridized carbons (Fsp3) is 0.385. The summed E-state index contributed by atoms with van der Waals surface area (Å²) in [5.74, 6) is 1.16. The molecule has 2 aromatic rings. The standard InChI is InChI=1S/C13H17FN4/c1-3-11-16-12(4-2)18(17-11)13-9(8-15)6-5-7-10(13)14/h5-7H,3-4,8,15H2,1-2H3. The van der Waals surface area contributed by atoms with Crippen LogP contribution in [-0.4, -0.2) is 14.8 Å². The molecule has 1 aromatic carbocycles. The molecule has 96 valence electrons. The summed E-state index contributed by atoms with van der Waals surface area (Å²) >= 11 is 0. The summed E-state index contributed by atoms with van der Waals surface area (Å²) < 4.78 is 15.6. The number of hydrogen-bond acceptors (Lipinski definition) is 3. The van der Waals surface area contributed by atoms with Crippen molar-refractivity contribution in [3.8, 4) is 5.69 Å². The lowest BCUT2D eigenvalue weighted by Crippen LogP contribution is -2.10. The predicted molar refractivity (Wildman–Crippen MR) is 68.0 cm³/mol. The Morgan fingerprint density at radius 2 is 2.06 bits per heavy atom. The van der Waals surface area contributed by atoms with E-state index in [4.69, 9.17) is 5.73 Å². The Labute approximate surface area is 106 Å². The minimum Gasteiger partial charge on any atom is -0.326 e. The smallest absolute Gasteiger partial charge is 0.151 e. The van der Waals surface area contributed by atoms with Crippen LogP contribution in [0.25, 0.3) is 5.69 Å². The Hall–Kier alpha value is -1.75. The fourth-order valence-corrected chi connectivity index (χ4v) is 1.91. The van der Waals surface area contributed by atoms with Crippen LogP contribution < -0.4 is 5.73 Å². The van der Waals surface area contributed by atoms with Gasteiger partial charge in [0.15, 0.2) is 5.82 Å². The quantitative estimate of drug-likeness (QED) is 0.900. The molecule has 0 spiro atoms. The summed E-state index contributed by atoms with van der Waals surface area (Å²) in [6.45, 7) is 4.23. The Kier molecular flexibility index (Phi) is 3.72. The SMILES string of the molecule is CCc1nc(CC)n(-c2c(F)cccc2CN)n1. The third kappa shape index (κ3) is 2.13. The van der Waals surface area contributed by atoms with E-state index in [1.54, 1.807) is 10.7 Å². The van der Waals surface area contributed by atoms with Gasteiger partial charge in [0.05, 0.1) is 0 Å². The molecule has 0 aliphatic carbocycles. The number of para-hydroxylation sites is 1. The highest BCUT2D eigenvalue weighted by molar-refractivity contribution is 5.42. The molecule has 5 heteroatoms. The topological polar surface area (TPSA) is 56.7 Å². The maximum Gasteiger partial charge on any atom is 0.151 e. The van der Waals surface area contributed by atoms with Crippen molar-refractivity contribution in [1.29, 1.82) is 0 Å². The van der Waals surface area contributed by atoms with Crippen LogP contribution in [0.3, 0.4) is 0 Å². The average molecular weight is 248 g/mol. The van der Waals surface area contributed by atoms with Crippen LogP contribution in [0.15, 0.2) is 18.2 Å². The number of rotatable bonds is 4. The molecule has 0 fully saturated rings. The van der Waals surface area contributed by atoms with Crippen LogP contribution in [0, 0.1) is 5.82 Å². The molecule has 0 saturated carbocycles. The van der Waals surface area contributed by atoms with E-state index in [9.17, 15) is 4.39 Å². The van der Waals surface area contributed by atoms with Crippen molar-refractivity contribution in [2.45, 2.75) is 33.2 Å². The van der Waals surface area contributed by atoms with E-state index in [2.05, 4.69) is 10.1 Å². The maximum absolute atomic E-state index is 14.0. The monoisotopic (exact) mass is 248 g/mol. The van der Waals surface area contributed by atoms with Crippen LogP contribution in [0.5, 0.6) is 0 Å². The van der Waals surface area contributed by atoms with Crippen LogP contribution in [-0.2, 0) is 19.4 Å². The third-order valence-electron chi connectivity index (χ3n) is 2.85. The van der Waals surface area contributed by atoms with Crippen LogP contribution >= 0.6 is 0 Å². The zero-order chi connectivity index (χ0) is 13.1. The molecule has 18 heavy (non-hydrogen) atoms. The van der Waals surface area contributed by atoms with Gasteiger partial charge < -0.3 is 5.73 Å². The van der Waals surface area contributed by atoms with Crippen molar-refractivity contribution < 1.29 is 4.39 Å². The van der Waals surface area contributed by atoms with Crippen molar-refractivity contribution >= 4 is 0 Å². The van der Waals surface area contributed by atoms with E-state index >= 15 is 0 Å². The number of nitrogens with two attached hydrogens (primary N) is 1. The minimum absolute atomic E-state index is 0.275. The first kappa shape index (κ1) is 12.7. The molecule has 0 unspecified atom stereocenters. The first-order valence-electron chi connectivity index (χ1n) is 6.13. The van der Waals surface area contributed by atoms with Crippen molar-refractivity contribution in [1.82, 2.24) is 14.8 Å². The highest BCUT2D eigenvalue weighted by Crippen LogP contribution is 2.19. The molecular weight excluding hydrogens is 231 g/mol. The normalized spacial score (nSPS) is 10.9. The van der Waals surface area contributed by atoms with Crippen molar-refractivity contribution in [3.63, 3.8) is 0 Å². The summed E-state index contributed by atoms with van der Waals surface area (Å²) in [6.07, 6.45) is 1.43. The van der Waals surface area contributed by atoms with E-state index in [1.807, 2.05) is 19.9 Å². The van der Waals surface area contributed by atoms with Gasteiger partial charge in [-0.1, -0.05) is 26.0 Å². The van der Waals surface area contributed by atoms with Gasteiger partial charge in [-0.3, -0.25) is 0 Å². The zero-order valence-electron chi connectivity index (χ0n) is 10.7. The molecule has 0 saturated heterocycles. The molecule has 0 aliphatic heterocycles. The highest BCUT2D eigenvalue weighted by Gasteiger charge is 2.15. The van der Waals surface area contributed by atoms with E-state index in [1.165, 1.54) is 6.07 Å². The number of aryl methyl sites for hydroxylation is 2. The summed E-state index contributed by atoms with van der Waals surface area (Å²) in [4.78, 5) is 4.38. The van der Waals surface area contributed by atoms with Gasteiger partial charge in [0.2, 0.25) is 0 Å². The lowest BCUT2D eigenvalue weighted by molar-refractivity contribution is 0.601. The molecule has 4 nitrogen and oxygen atoms in total. The van der Waals surface area contributed by atoms with Crippen LogP contribution in [0.2, 0.25) is 0 Å². The molecule has 0 amide bonds. The minimum atomic E-state index is -0.319. The summed E-state index contributed by atoms with van der Waals surface area (Å²) in [5.41, 5.74) is 6.81. The number of nitrogens with zero attached hydrogens (tertiary/aromatic N) is 3. The Bertz CT molecular complexity index is 548. The van der Waals surface area contributed by atoms with Gasteiger partial charge in [0.1, 0.15) is 17.3 Å². The maximum atomic E-state index is 14.0. The molecule has 0 radical (unpaired) electrons. The zero-order valence-corrected chi connectivity index (χ0v) is 10.7. The molecule has 0 atom stereocenters. The van der Waals surface area contributed by atoms with Crippen LogP contribution in [0.1, 0.15) is 31.1 Å². The molecule has 1 heterocycles. The largest absolute Gasteiger partial charge is 0.326 e. The first-order chi connectivity index (χ1) is 8.71. The number of hydrogen-bond donors (Lipinski definition) is 1. The van der Waals surface area contributed by atoms with Gasteiger partial charge in [0.25, 0.3) is 0 Å². The predicted octanol–water partition coefficient (Wildman–Crippen LogP) is 1.99. The molecule has 0 aliphatic rings. The van der Waals surface area contributed by atoms with Gasteiger partial charge in [-0.2, -0.15) is 5.10 Å². The third-order valence-corrected chi connectivity index (χ3v) is 2.85. The van der Waals surface area contributed by atoms with Crippen molar-refractivity contribution in [2.24, 2.45) is 5.73 Å². The van der Waals surface area contributed by atoms with E-state index < -0.39 is 0 Å². The lowest BCUT2D eigenvalue weighted by Gasteiger charge is -2.10. The number of aromatic nitrogens is 3. The first-order valence-corrected chi connectivity index (χ1v) is 6.13. The molecule has 1 aromatic heterocycles. The second kappa shape index (κ2) is 5.27. The van der Waals surface area contributed by atoms with Gasteiger partial charge >= 0.3 is 0 Å². The van der Waals surface area contributed by atoms with Gasteiger partial charge in [-0.15, -0.1) is 0 Å². The second-order valence-electron chi connectivity index (χ2n) is 4.01. The van der Waals surface area contributed by atoms with Crippen LogP contribution in [0.4, 0.5) is 4.39 Å². The Morgan fingerprint density at radius 1 is 1.28 bits per heavy atom.